The second kappa shape index (κ2) is 8.21. The van der Waals surface area contributed by atoms with Crippen LogP contribution in [0.15, 0.2) is 53.3 Å². The predicted octanol–water partition coefficient (Wildman–Crippen LogP) is 4.62. The van der Waals surface area contributed by atoms with Crippen molar-refractivity contribution in [1.29, 1.82) is 0 Å². The van der Waals surface area contributed by atoms with Gasteiger partial charge in [-0.05, 0) is 44.9 Å². The van der Waals surface area contributed by atoms with Gasteiger partial charge in [0.15, 0.2) is 11.3 Å². The Morgan fingerprint density at radius 3 is 2.71 bits per heavy atom. The van der Waals surface area contributed by atoms with Crippen LogP contribution in [0.1, 0.15) is 45.9 Å². The van der Waals surface area contributed by atoms with Crippen LogP contribution in [0, 0.1) is 19.8 Å². The summed E-state index contributed by atoms with van der Waals surface area (Å²) in [6.07, 6.45) is 10.5. The lowest BCUT2D eigenvalue weighted by molar-refractivity contribution is -0.423. The Balaban J connectivity index is 1.38. The van der Waals surface area contributed by atoms with Crippen LogP contribution in [0.5, 0.6) is 0 Å². The van der Waals surface area contributed by atoms with E-state index < -0.39 is 0 Å². The van der Waals surface area contributed by atoms with E-state index in [9.17, 15) is 4.79 Å². The van der Waals surface area contributed by atoms with Gasteiger partial charge in [0.2, 0.25) is 0 Å². The van der Waals surface area contributed by atoms with Crippen LogP contribution in [0.3, 0.4) is 0 Å². The molecule has 1 aliphatic heterocycles. The predicted molar refractivity (Wildman–Crippen MR) is 128 cm³/mol. The van der Waals surface area contributed by atoms with Gasteiger partial charge in [0, 0.05) is 22.4 Å². The molecule has 0 aromatic carbocycles. The van der Waals surface area contributed by atoms with Gasteiger partial charge in [-0.3, -0.25) is 19.2 Å². The van der Waals surface area contributed by atoms with Crippen molar-refractivity contribution in [3.8, 4) is 10.6 Å². The largest absolute Gasteiger partial charge is 0.346 e. The molecule has 170 valence electrons. The van der Waals surface area contributed by atoms with Crippen molar-refractivity contribution in [2.45, 2.75) is 39.7 Å². The van der Waals surface area contributed by atoms with Gasteiger partial charge in [0.1, 0.15) is 0 Å². The molecule has 0 spiro atoms. The molecule has 0 atom stereocenters. The van der Waals surface area contributed by atoms with Gasteiger partial charge in [-0.25, -0.2) is 4.98 Å². The number of carbonyl (C=O) groups is 1. The van der Waals surface area contributed by atoms with Crippen LogP contribution in [0.4, 0.5) is 5.69 Å². The molecule has 0 bridgehead atoms. The molecule has 1 saturated carbocycles. The van der Waals surface area contributed by atoms with Gasteiger partial charge in [0.05, 0.1) is 57.6 Å². The van der Waals surface area contributed by atoms with Crippen LogP contribution < -0.4 is 5.32 Å². The van der Waals surface area contributed by atoms with Crippen molar-refractivity contribution in [2.24, 2.45) is 16.2 Å². The molecule has 6 rings (SSSR count). The monoisotopic (exact) mass is 471 g/mol. The van der Waals surface area contributed by atoms with Gasteiger partial charge >= 0.3 is 0 Å². The average molecular weight is 472 g/mol. The van der Waals surface area contributed by atoms with E-state index in [1.807, 2.05) is 34.5 Å². The summed E-state index contributed by atoms with van der Waals surface area (Å²) in [6.45, 7) is 4.26. The number of aromatic nitrogens is 4. The Hall–Kier alpha value is -3.79. The normalized spacial score (nSPS) is 15.5. The molecule has 5 heterocycles. The highest BCUT2D eigenvalue weighted by Gasteiger charge is 2.38. The highest BCUT2D eigenvalue weighted by atomic mass is 32.1. The maximum absolute atomic E-state index is 13.2. The van der Waals surface area contributed by atoms with Gasteiger partial charge in [-0.1, -0.05) is 11.1 Å². The van der Waals surface area contributed by atoms with E-state index in [0.717, 1.165) is 46.3 Å². The molecule has 0 radical (unpaired) electrons. The Bertz CT molecular complexity index is 1480. The molecular weight excluding hydrogens is 448 g/mol. The summed E-state index contributed by atoms with van der Waals surface area (Å²) in [5.41, 5.74) is 4.51. The Morgan fingerprint density at radius 1 is 1.18 bits per heavy atom. The van der Waals surface area contributed by atoms with Crippen LogP contribution in [0.25, 0.3) is 16.2 Å². The van der Waals surface area contributed by atoms with Crippen molar-refractivity contribution in [3.63, 3.8) is 0 Å². The van der Waals surface area contributed by atoms with Crippen molar-refractivity contribution in [3.05, 3.63) is 64.8 Å². The second-order valence-corrected chi connectivity index (χ2v) is 9.97. The maximum atomic E-state index is 13.2. The number of rotatable bonds is 6. The van der Waals surface area contributed by atoms with Crippen molar-refractivity contribution < 1.29 is 9.49 Å². The van der Waals surface area contributed by atoms with Crippen LogP contribution in [-0.2, 0) is 6.54 Å². The molecule has 9 nitrogen and oxygen atoms in total. The fourth-order valence-electron chi connectivity index (χ4n) is 4.12. The SMILES string of the molecule is Cc1cnc(CNC(=O)c2cc([N+]3=NN=C3C3CCC3)c3ncc(-c4ccc(C)s4)n3c2)cn1. The zero-order chi connectivity index (χ0) is 23.2. The van der Waals surface area contributed by atoms with E-state index in [-0.39, 0.29) is 5.91 Å². The molecule has 10 heteroatoms. The topological polar surface area (TPSA) is 99.9 Å². The number of hydrogen-bond acceptors (Lipinski definition) is 7. The maximum Gasteiger partial charge on any atom is 0.294 e. The summed E-state index contributed by atoms with van der Waals surface area (Å²) in [4.78, 5) is 28.8. The fraction of sp³-hybridized carbons (Fsp3) is 0.292. The zero-order valence-corrected chi connectivity index (χ0v) is 19.7. The van der Waals surface area contributed by atoms with E-state index in [2.05, 4.69) is 44.7 Å². The minimum atomic E-state index is -0.199. The van der Waals surface area contributed by atoms with E-state index in [4.69, 9.17) is 4.98 Å². The molecule has 4 aromatic heterocycles. The Morgan fingerprint density at radius 2 is 2.06 bits per heavy atom. The molecule has 1 fully saturated rings. The Kier molecular flexibility index (Phi) is 5.02. The van der Waals surface area contributed by atoms with E-state index in [0.29, 0.717) is 23.7 Å². The van der Waals surface area contributed by atoms with Gasteiger partial charge in [-0.2, -0.15) is 0 Å². The minimum absolute atomic E-state index is 0.199. The first-order chi connectivity index (χ1) is 16.6. The summed E-state index contributed by atoms with van der Waals surface area (Å²) < 4.78 is 3.82. The molecular formula is C24H23N8OS+. The van der Waals surface area contributed by atoms with Crippen molar-refractivity contribution in [2.75, 3.05) is 0 Å². The van der Waals surface area contributed by atoms with Gasteiger partial charge in [0.25, 0.3) is 11.7 Å². The first-order valence-electron chi connectivity index (χ1n) is 11.3. The average Bonchev–Trinajstić information content (AvgIpc) is 3.40. The van der Waals surface area contributed by atoms with Crippen LogP contribution >= 0.6 is 11.3 Å². The molecule has 1 amide bonds. The summed E-state index contributed by atoms with van der Waals surface area (Å²) in [5.74, 6) is 1.18. The molecule has 0 saturated heterocycles. The number of amidine groups is 1. The molecule has 2 aliphatic rings. The summed E-state index contributed by atoms with van der Waals surface area (Å²) in [7, 11) is 0. The third kappa shape index (κ3) is 3.60. The summed E-state index contributed by atoms with van der Waals surface area (Å²) in [5, 5.41) is 11.5. The lowest BCUT2D eigenvalue weighted by atomic mass is 9.84. The van der Waals surface area contributed by atoms with E-state index in [1.165, 1.54) is 11.3 Å². The second-order valence-electron chi connectivity index (χ2n) is 8.68. The number of imidazole rings is 1. The fourth-order valence-corrected chi connectivity index (χ4v) is 5.00. The summed E-state index contributed by atoms with van der Waals surface area (Å²) >= 11 is 1.70. The number of carbonyl (C=O) groups excluding carboxylic acids is 1. The van der Waals surface area contributed by atoms with E-state index >= 15 is 0 Å². The molecule has 0 unspecified atom stereocenters. The van der Waals surface area contributed by atoms with Gasteiger partial charge in [-0.15, -0.1) is 11.3 Å². The number of amides is 1. The lowest BCUT2D eigenvalue weighted by Gasteiger charge is -2.25. The van der Waals surface area contributed by atoms with Crippen LogP contribution in [0.2, 0.25) is 0 Å². The number of pyridine rings is 1. The molecule has 34 heavy (non-hydrogen) atoms. The number of hydrogen-bond donors (Lipinski definition) is 1. The molecule has 1 N–H and O–H groups in total. The van der Waals surface area contributed by atoms with E-state index in [1.54, 1.807) is 23.7 Å². The lowest BCUT2D eigenvalue weighted by Crippen LogP contribution is -2.33. The number of fused-ring (bicyclic) bond motifs is 1. The highest BCUT2D eigenvalue weighted by Crippen LogP contribution is 2.36. The third-order valence-electron chi connectivity index (χ3n) is 6.26. The number of thiophene rings is 1. The third-order valence-corrected chi connectivity index (χ3v) is 7.28. The quantitative estimate of drug-likeness (QED) is 0.415. The van der Waals surface area contributed by atoms with Crippen molar-refractivity contribution in [1.82, 2.24) is 24.7 Å². The smallest absolute Gasteiger partial charge is 0.294 e. The minimum Gasteiger partial charge on any atom is -0.346 e. The standard InChI is InChI=1S/C24H22N8OS/c1-14-9-26-18(10-25-14)11-28-24(33)17-8-19(32-22(29-30-32)16-4-3-5-16)23-27-12-20(31(23)13-17)21-7-6-15(2)34-21/h6-10,12-13,16H,3-5,11H2,1-2H3/p+1. The van der Waals surface area contributed by atoms with Crippen LogP contribution in [-0.4, -0.2) is 35.8 Å². The zero-order valence-electron chi connectivity index (χ0n) is 18.9. The molecule has 1 aliphatic carbocycles. The first kappa shape index (κ1) is 20.8. The Labute approximate surface area is 199 Å². The number of aryl methyl sites for hydroxylation is 2. The summed E-state index contributed by atoms with van der Waals surface area (Å²) in [6, 6.07) is 6.02. The van der Waals surface area contributed by atoms with Crippen molar-refractivity contribution >= 4 is 34.4 Å². The van der Waals surface area contributed by atoms with Gasteiger partial charge < -0.3 is 5.32 Å². The molecule has 4 aromatic rings. The first-order valence-corrected chi connectivity index (χ1v) is 12.1. The highest BCUT2D eigenvalue weighted by molar-refractivity contribution is 7.15. The number of nitrogens with zero attached hydrogens (tertiary/aromatic N) is 7. The number of nitrogens with one attached hydrogen (secondary N) is 1.